The standard InChI is InChI=1S/C18H18N4O2/c1-2-3-10-18(21-22-18)11-9-16(23)19-12-15-13-24-17(20-15)14-7-5-4-6-8-14/h1,4-8,13H,3,9-12H2,(H,19,23). The fourth-order valence-electron chi connectivity index (χ4n) is 2.36. The smallest absolute Gasteiger partial charge is 0.226 e. The van der Waals surface area contributed by atoms with Gasteiger partial charge in [0.25, 0.3) is 0 Å². The first-order valence-electron chi connectivity index (χ1n) is 7.85. The van der Waals surface area contributed by atoms with Crippen LogP contribution in [0.25, 0.3) is 11.5 Å². The third-order valence-electron chi connectivity index (χ3n) is 3.84. The summed E-state index contributed by atoms with van der Waals surface area (Å²) in [6, 6.07) is 9.62. The molecule has 0 unspecified atom stereocenters. The molecule has 1 aromatic carbocycles. The first kappa shape index (κ1) is 15.9. The van der Waals surface area contributed by atoms with Gasteiger partial charge in [0.2, 0.25) is 11.8 Å². The van der Waals surface area contributed by atoms with Gasteiger partial charge >= 0.3 is 0 Å². The lowest BCUT2D eigenvalue weighted by molar-refractivity contribution is -0.121. The summed E-state index contributed by atoms with van der Waals surface area (Å²) in [5.74, 6) is 3.06. The van der Waals surface area contributed by atoms with Crippen LogP contribution in [0.4, 0.5) is 0 Å². The van der Waals surface area contributed by atoms with Gasteiger partial charge in [-0.1, -0.05) is 18.2 Å². The second-order valence-electron chi connectivity index (χ2n) is 5.67. The Kier molecular flexibility index (Phi) is 4.71. The molecule has 1 amide bonds. The van der Waals surface area contributed by atoms with Crippen molar-refractivity contribution in [2.75, 3.05) is 0 Å². The lowest BCUT2D eigenvalue weighted by atomic mass is 10.0. The minimum atomic E-state index is -0.419. The fraction of sp³-hybridized carbons (Fsp3) is 0.333. The van der Waals surface area contributed by atoms with Crippen LogP contribution in [0.1, 0.15) is 31.4 Å². The van der Waals surface area contributed by atoms with Gasteiger partial charge < -0.3 is 9.73 Å². The molecule has 6 heteroatoms. The van der Waals surface area contributed by atoms with Crippen molar-refractivity contribution >= 4 is 5.91 Å². The molecular weight excluding hydrogens is 304 g/mol. The number of benzene rings is 1. The lowest BCUT2D eigenvalue weighted by Gasteiger charge is -2.08. The van der Waals surface area contributed by atoms with E-state index in [2.05, 4.69) is 26.4 Å². The molecule has 0 spiro atoms. The van der Waals surface area contributed by atoms with Crippen LogP contribution in [0.5, 0.6) is 0 Å². The molecule has 0 fully saturated rings. The monoisotopic (exact) mass is 322 g/mol. The van der Waals surface area contributed by atoms with Crippen LogP contribution >= 0.6 is 0 Å². The normalized spacial score (nSPS) is 14.1. The number of terminal acetylenes is 1. The topological polar surface area (TPSA) is 79.9 Å². The van der Waals surface area contributed by atoms with Crippen molar-refractivity contribution in [2.24, 2.45) is 10.2 Å². The molecule has 6 nitrogen and oxygen atoms in total. The van der Waals surface area contributed by atoms with Crippen LogP contribution in [-0.4, -0.2) is 16.6 Å². The van der Waals surface area contributed by atoms with Gasteiger partial charge in [0.05, 0.1) is 12.2 Å². The zero-order valence-corrected chi connectivity index (χ0v) is 13.2. The van der Waals surface area contributed by atoms with E-state index in [1.165, 1.54) is 0 Å². The Morgan fingerprint density at radius 2 is 2.04 bits per heavy atom. The highest BCUT2D eigenvalue weighted by atomic mass is 16.3. The van der Waals surface area contributed by atoms with Gasteiger partial charge in [0.1, 0.15) is 6.26 Å². The van der Waals surface area contributed by atoms with Crippen molar-refractivity contribution in [3.63, 3.8) is 0 Å². The Labute approximate surface area is 140 Å². The number of carbonyl (C=O) groups excluding carboxylic acids is 1. The number of hydrogen-bond donors (Lipinski definition) is 1. The van der Waals surface area contributed by atoms with E-state index in [0.29, 0.717) is 43.8 Å². The van der Waals surface area contributed by atoms with Crippen molar-refractivity contribution in [3.8, 4) is 23.8 Å². The van der Waals surface area contributed by atoms with Crippen molar-refractivity contribution in [1.82, 2.24) is 10.3 Å². The minimum absolute atomic E-state index is 0.0587. The SMILES string of the molecule is C#CCCC1(CCC(=O)NCc2coc(-c3ccccc3)n2)N=N1. The molecule has 0 aliphatic carbocycles. The van der Waals surface area contributed by atoms with Crippen LogP contribution in [0, 0.1) is 12.3 Å². The van der Waals surface area contributed by atoms with Crippen LogP contribution in [0.15, 0.2) is 51.2 Å². The van der Waals surface area contributed by atoms with E-state index in [0.717, 1.165) is 5.56 Å². The second kappa shape index (κ2) is 7.09. The van der Waals surface area contributed by atoms with Gasteiger partial charge in [-0.25, -0.2) is 4.98 Å². The molecule has 2 aromatic rings. The molecule has 1 aliphatic heterocycles. The van der Waals surface area contributed by atoms with Crippen LogP contribution in [0.2, 0.25) is 0 Å². The highest BCUT2D eigenvalue weighted by Gasteiger charge is 2.39. The van der Waals surface area contributed by atoms with Crippen molar-refractivity contribution in [1.29, 1.82) is 0 Å². The predicted molar refractivity (Wildman–Crippen MR) is 88.7 cm³/mol. The molecule has 0 saturated heterocycles. The summed E-state index contributed by atoms with van der Waals surface area (Å²) >= 11 is 0. The van der Waals surface area contributed by atoms with Crippen molar-refractivity contribution < 1.29 is 9.21 Å². The van der Waals surface area contributed by atoms with E-state index in [9.17, 15) is 4.79 Å². The highest BCUT2D eigenvalue weighted by Crippen LogP contribution is 2.37. The van der Waals surface area contributed by atoms with Gasteiger partial charge in [-0.05, 0) is 12.1 Å². The van der Waals surface area contributed by atoms with E-state index < -0.39 is 5.66 Å². The summed E-state index contributed by atoms with van der Waals surface area (Å²) in [6.07, 6.45) is 9.09. The molecule has 3 rings (SSSR count). The number of carbonyl (C=O) groups is 1. The maximum atomic E-state index is 11.9. The maximum Gasteiger partial charge on any atom is 0.226 e. The van der Waals surface area contributed by atoms with Crippen LogP contribution in [-0.2, 0) is 11.3 Å². The van der Waals surface area contributed by atoms with E-state index >= 15 is 0 Å². The molecule has 0 saturated carbocycles. The molecule has 0 radical (unpaired) electrons. The molecule has 1 aliphatic rings. The quantitative estimate of drug-likeness (QED) is 0.757. The maximum absolute atomic E-state index is 11.9. The third kappa shape index (κ3) is 4.07. The molecule has 0 atom stereocenters. The van der Waals surface area contributed by atoms with Gasteiger partial charge in [-0.2, -0.15) is 10.2 Å². The number of aromatic nitrogens is 1. The van der Waals surface area contributed by atoms with E-state index in [4.69, 9.17) is 10.8 Å². The Balaban J connectivity index is 1.44. The summed E-state index contributed by atoms with van der Waals surface area (Å²) in [5.41, 5.74) is 1.17. The lowest BCUT2D eigenvalue weighted by Crippen LogP contribution is -2.25. The first-order chi connectivity index (χ1) is 11.7. The number of oxazole rings is 1. The molecule has 2 heterocycles. The summed E-state index contributed by atoms with van der Waals surface area (Å²) < 4.78 is 5.44. The number of nitrogens with one attached hydrogen (secondary N) is 1. The number of rotatable bonds is 8. The highest BCUT2D eigenvalue weighted by molar-refractivity contribution is 5.76. The van der Waals surface area contributed by atoms with E-state index in [-0.39, 0.29) is 5.91 Å². The van der Waals surface area contributed by atoms with Gasteiger partial charge in [-0.15, -0.1) is 12.3 Å². The Hall–Kier alpha value is -2.94. The predicted octanol–water partition coefficient (Wildman–Crippen LogP) is 3.31. The molecule has 122 valence electrons. The number of hydrogen-bond acceptors (Lipinski definition) is 5. The van der Waals surface area contributed by atoms with Crippen molar-refractivity contribution in [3.05, 3.63) is 42.3 Å². The van der Waals surface area contributed by atoms with Gasteiger partial charge in [-0.3, -0.25) is 4.79 Å². The zero-order chi connectivity index (χ0) is 16.8. The molecule has 1 aromatic heterocycles. The van der Waals surface area contributed by atoms with E-state index in [1.807, 2.05) is 30.3 Å². The second-order valence-corrected chi connectivity index (χ2v) is 5.67. The average molecular weight is 322 g/mol. The molecule has 24 heavy (non-hydrogen) atoms. The largest absolute Gasteiger partial charge is 0.444 e. The summed E-state index contributed by atoms with van der Waals surface area (Å²) in [4.78, 5) is 16.3. The Morgan fingerprint density at radius 3 is 2.75 bits per heavy atom. The Morgan fingerprint density at radius 1 is 1.25 bits per heavy atom. The minimum Gasteiger partial charge on any atom is -0.444 e. The first-order valence-corrected chi connectivity index (χ1v) is 7.85. The zero-order valence-electron chi connectivity index (χ0n) is 13.2. The van der Waals surface area contributed by atoms with E-state index in [1.54, 1.807) is 6.26 Å². The average Bonchev–Trinajstić information content (AvgIpc) is 3.23. The summed E-state index contributed by atoms with van der Waals surface area (Å²) in [5, 5.41) is 10.9. The number of amides is 1. The molecule has 1 N–H and O–H groups in total. The number of nitrogens with zero attached hydrogens (tertiary/aromatic N) is 3. The van der Waals surface area contributed by atoms with Gasteiger partial charge in [0.15, 0.2) is 5.66 Å². The van der Waals surface area contributed by atoms with Crippen LogP contribution in [0.3, 0.4) is 0 Å². The van der Waals surface area contributed by atoms with Crippen molar-refractivity contribution in [2.45, 2.75) is 37.9 Å². The summed E-state index contributed by atoms with van der Waals surface area (Å²) in [6.45, 7) is 0.334. The Bertz CT molecular complexity index is 768. The fourth-order valence-corrected chi connectivity index (χ4v) is 2.36. The van der Waals surface area contributed by atoms with Gasteiger partial charge in [0, 0.05) is 31.2 Å². The summed E-state index contributed by atoms with van der Waals surface area (Å²) in [7, 11) is 0. The molecule has 0 bridgehead atoms. The third-order valence-corrected chi connectivity index (χ3v) is 3.84. The molecular formula is C18H18N4O2. The van der Waals surface area contributed by atoms with Crippen LogP contribution < -0.4 is 5.32 Å².